The van der Waals surface area contributed by atoms with Gasteiger partial charge in [-0.2, -0.15) is 5.10 Å². The van der Waals surface area contributed by atoms with Crippen molar-refractivity contribution in [1.29, 1.82) is 0 Å². The quantitative estimate of drug-likeness (QED) is 0.801. The summed E-state index contributed by atoms with van der Waals surface area (Å²) < 4.78 is 1.95. The molecule has 1 aliphatic carbocycles. The van der Waals surface area contributed by atoms with E-state index in [0.717, 1.165) is 29.5 Å². The van der Waals surface area contributed by atoms with Crippen LogP contribution in [0.3, 0.4) is 0 Å². The first kappa shape index (κ1) is 13.9. The van der Waals surface area contributed by atoms with Crippen LogP contribution in [-0.4, -0.2) is 33.0 Å². The van der Waals surface area contributed by atoms with E-state index >= 15 is 0 Å². The molecule has 0 atom stereocenters. The van der Waals surface area contributed by atoms with Crippen molar-refractivity contribution < 1.29 is 0 Å². The topological polar surface area (TPSA) is 33.4 Å². The third-order valence-corrected chi connectivity index (χ3v) is 4.80. The highest BCUT2D eigenvalue weighted by atomic mass is 79.9. The van der Waals surface area contributed by atoms with Gasteiger partial charge in [-0.05, 0) is 30.7 Å². The summed E-state index contributed by atoms with van der Waals surface area (Å²) in [7, 11) is 2.13. The molecule has 0 radical (unpaired) electrons. The number of halogens is 1. The van der Waals surface area contributed by atoms with E-state index in [2.05, 4.69) is 57.9 Å². The Morgan fingerprint density at radius 3 is 2.85 bits per heavy atom. The Morgan fingerprint density at radius 2 is 2.20 bits per heavy atom. The highest BCUT2D eigenvalue weighted by Crippen LogP contribution is 2.34. The van der Waals surface area contributed by atoms with E-state index in [4.69, 9.17) is 0 Å². The summed E-state index contributed by atoms with van der Waals surface area (Å²) in [6.07, 6.45) is 6.30. The highest BCUT2D eigenvalue weighted by Gasteiger charge is 2.28. The molecule has 0 spiro atoms. The van der Waals surface area contributed by atoms with E-state index in [1.165, 1.54) is 12.8 Å². The van der Waals surface area contributed by atoms with Gasteiger partial charge >= 0.3 is 0 Å². The van der Waals surface area contributed by atoms with Gasteiger partial charge in [0.15, 0.2) is 5.82 Å². The number of fused-ring (bicyclic) bond motifs is 1. The van der Waals surface area contributed by atoms with E-state index < -0.39 is 0 Å². The van der Waals surface area contributed by atoms with E-state index in [9.17, 15) is 0 Å². The van der Waals surface area contributed by atoms with Crippen molar-refractivity contribution >= 4 is 27.3 Å². The summed E-state index contributed by atoms with van der Waals surface area (Å²) in [5, 5.41) is 4.62. The minimum Gasteiger partial charge on any atom is -0.358 e. The average molecular weight is 337 g/mol. The molecule has 20 heavy (non-hydrogen) atoms. The number of hydrogen-bond acceptors (Lipinski definition) is 3. The van der Waals surface area contributed by atoms with Crippen LogP contribution >= 0.6 is 15.9 Å². The van der Waals surface area contributed by atoms with E-state index in [0.29, 0.717) is 10.7 Å². The Kier molecular flexibility index (Phi) is 3.71. The van der Waals surface area contributed by atoms with Gasteiger partial charge in [0.05, 0.1) is 5.69 Å². The first-order chi connectivity index (χ1) is 9.54. The van der Waals surface area contributed by atoms with Crippen molar-refractivity contribution in [3.8, 4) is 0 Å². The number of rotatable bonds is 4. The van der Waals surface area contributed by atoms with Gasteiger partial charge in [0, 0.05) is 30.8 Å². The van der Waals surface area contributed by atoms with Crippen LogP contribution in [0.2, 0.25) is 0 Å². The maximum Gasteiger partial charge on any atom is 0.154 e. The van der Waals surface area contributed by atoms with Crippen molar-refractivity contribution in [3.63, 3.8) is 0 Å². The SMILES string of the molecule is CC(C)c1cc2c(N(C)CC3CC(Br)C3)nccn2n1. The number of alkyl halides is 1. The van der Waals surface area contributed by atoms with Gasteiger partial charge in [0.25, 0.3) is 0 Å². The van der Waals surface area contributed by atoms with Crippen LogP contribution in [0.5, 0.6) is 0 Å². The summed E-state index contributed by atoms with van der Waals surface area (Å²) in [5.74, 6) is 2.25. The van der Waals surface area contributed by atoms with E-state index in [1.54, 1.807) is 0 Å². The van der Waals surface area contributed by atoms with Crippen LogP contribution in [0.1, 0.15) is 38.3 Å². The largest absolute Gasteiger partial charge is 0.358 e. The maximum absolute atomic E-state index is 4.62. The molecule has 0 saturated heterocycles. The summed E-state index contributed by atoms with van der Waals surface area (Å²) in [6.45, 7) is 5.41. The van der Waals surface area contributed by atoms with Gasteiger partial charge in [-0.1, -0.05) is 29.8 Å². The molecule has 2 heterocycles. The molecule has 0 N–H and O–H groups in total. The van der Waals surface area contributed by atoms with Crippen LogP contribution in [0, 0.1) is 5.92 Å². The first-order valence-electron chi connectivity index (χ1n) is 7.24. The van der Waals surface area contributed by atoms with Crippen LogP contribution < -0.4 is 4.90 Å². The predicted octanol–water partition coefficient (Wildman–Crippen LogP) is 3.46. The Hall–Kier alpha value is -1.10. The van der Waals surface area contributed by atoms with E-state index in [1.807, 2.05) is 16.9 Å². The molecule has 0 bridgehead atoms. The third kappa shape index (κ3) is 2.55. The zero-order valence-corrected chi connectivity index (χ0v) is 13.8. The van der Waals surface area contributed by atoms with Crippen molar-refractivity contribution in [2.45, 2.75) is 37.4 Å². The summed E-state index contributed by atoms with van der Waals surface area (Å²) in [5.41, 5.74) is 2.23. The molecule has 1 aliphatic rings. The smallest absolute Gasteiger partial charge is 0.154 e. The van der Waals surface area contributed by atoms with Crippen molar-refractivity contribution in [3.05, 3.63) is 24.2 Å². The fraction of sp³-hybridized carbons (Fsp3) is 0.600. The molecule has 5 heteroatoms. The molecule has 0 aromatic carbocycles. The van der Waals surface area contributed by atoms with Crippen LogP contribution in [-0.2, 0) is 0 Å². The lowest BCUT2D eigenvalue weighted by Gasteiger charge is -2.34. The van der Waals surface area contributed by atoms with Gasteiger partial charge in [-0.15, -0.1) is 0 Å². The first-order valence-corrected chi connectivity index (χ1v) is 8.15. The van der Waals surface area contributed by atoms with Crippen molar-refractivity contribution in [2.75, 3.05) is 18.5 Å². The van der Waals surface area contributed by atoms with Gasteiger partial charge in [0.1, 0.15) is 5.52 Å². The molecule has 2 aromatic rings. The Morgan fingerprint density at radius 1 is 1.45 bits per heavy atom. The lowest BCUT2D eigenvalue weighted by atomic mass is 9.85. The van der Waals surface area contributed by atoms with Crippen LogP contribution in [0.4, 0.5) is 5.82 Å². The molecular weight excluding hydrogens is 316 g/mol. The van der Waals surface area contributed by atoms with Gasteiger partial charge in [-0.25, -0.2) is 9.50 Å². The number of nitrogens with zero attached hydrogens (tertiary/aromatic N) is 4. The fourth-order valence-corrected chi connectivity index (χ4v) is 3.84. The number of hydrogen-bond donors (Lipinski definition) is 0. The minimum absolute atomic E-state index is 0.439. The summed E-state index contributed by atoms with van der Waals surface area (Å²) in [4.78, 5) is 7.55. The van der Waals surface area contributed by atoms with E-state index in [-0.39, 0.29) is 0 Å². The Bertz CT molecular complexity index is 601. The zero-order chi connectivity index (χ0) is 14.3. The maximum atomic E-state index is 4.62. The molecule has 0 amide bonds. The lowest BCUT2D eigenvalue weighted by Crippen LogP contribution is -2.35. The summed E-state index contributed by atoms with van der Waals surface area (Å²) >= 11 is 3.66. The minimum atomic E-state index is 0.439. The number of anilines is 1. The second kappa shape index (κ2) is 5.35. The normalized spacial score (nSPS) is 22.2. The van der Waals surface area contributed by atoms with Gasteiger partial charge in [-0.3, -0.25) is 0 Å². The molecule has 4 nitrogen and oxygen atoms in total. The molecule has 0 aliphatic heterocycles. The second-order valence-electron chi connectivity index (χ2n) is 6.12. The number of aromatic nitrogens is 3. The fourth-order valence-electron chi connectivity index (χ4n) is 2.78. The highest BCUT2D eigenvalue weighted by molar-refractivity contribution is 9.09. The van der Waals surface area contributed by atoms with Gasteiger partial charge in [0.2, 0.25) is 0 Å². The molecule has 1 saturated carbocycles. The molecular formula is C15H21BrN4. The molecule has 0 unspecified atom stereocenters. The second-order valence-corrected chi connectivity index (χ2v) is 7.41. The molecule has 3 rings (SSSR count). The lowest BCUT2D eigenvalue weighted by molar-refractivity contribution is 0.338. The zero-order valence-electron chi connectivity index (χ0n) is 12.3. The average Bonchev–Trinajstić information content (AvgIpc) is 2.80. The standard InChI is InChI=1S/C15H21BrN4/c1-10(2)13-8-14-15(17-4-5-20(14)18-13)19(3)9-11-6-12(16)7-11/h4-5,8,10-12H,6-7,9H2,1-3H3. The molecule has 108 valence electrons. The van der Waals surface area contributed by atoms with Gasteiger partial charge < -0.3 is 4.90 Å². The predicted molar refractivity (Wildman–Crippen MR) is 85.8 cm³/mol. The summed E-state index contributed by atoms with van der Waals surface area (Å²) in [6, 6.07) is 2.16. The monoisotopic (exact) mass is 336 g/mol. The third-order valence-electron chi connectivity index (χ3n) is 4.05. The van der Waals surface area contributed by atoms with Crippen LogP contribution in [0.25, 0.3) is 5.52 Å². The molecule has 1 fully saturated rings. The van der Waals surface area contributed by atoms with Crippen molar-refractivity contribution in [1.82, 2.24) is 14.6 Å². The Balaban J connectivity index is 1.86. The van der Waals surface area contributed by atoms with Crippen molar-refractivity contribution in [2.24, 2.45) is 5.92 Å². The Labute approximate surface area is 128 Å². The van der Waals surface area contributed by atoms with Crippen LogP contribution in [0.15, 0.2) is 18.5 Å². The molecule has 2 aromatic heterocycles.